The fourth-order valence-electron chi connectivity index (χ4n) is 3.06. The van der Waals surface area contributed by atoms with Crippen LogP contribution in [-0.2, 0) is 6.54 Å². The van der Waals surface area contributed by atoms with Gasteiger partial charge in [0.2, 0.25) is 0 Å². The lowest BCUT2D eigenvalue weighted by molar-refractivity contribution is 0.266. The van der Waals surface area contributed by atoms with Gasteiger partial charge in [0.15, 0.2) is 5.96 Å². The van der Waals surface area contributed by atoms with E-state index < -0.39 is 0 Å². The van der Waals surface area contributed by atoms with E-state index in [-0.39, 0.29) is 0 Å². The fourth-order valence-corrected chi connectivity index (χ4v) is 3.41. The predicted octanol–water partition coefficient (Wildman–Crippen LogP) is 3.29. The van der Waals surface area contributed by atoms with Gasteiger partial charge < -0.3 is 14.6 Å². The van der Waals surface area contributed by atoms with Crippen LogP contribution in [0, 0.1) is 5.92 Å². The molecule has 23 heavy (non-hydrogen) atoms. The topological polar surface area (TPSA) is 44.9 Å². The van der Waals surface area contributed by atoms with Crippen molar-refractivity contribution in [2.45, 2.75) is 33.2 Å². The van der Waals surface area contributed by atoms with Gasteiger partial charge in [0, 0.05) is 36.5 Å². The van der Waals surface area contributed by atoms with Crippen molar-refractivity contribution in [3.63, 3.8) is 0 Å². The lowest BCUT2D eigenvalue weighted by Crippen LogP contribution is -2.46. The lowest BCUT2D eigenvalue weighted by Gasteiger charge is -2.33. The highest BCUT2D eigenvalue weighted by Crippen LogP contribution is 2.16. The molecule has 1 atom stereocenters. The van der Waals surface area contributed by atoms with E-state index in [2.05, 4.69) is 45.0 Å². The maximum absolute atomic E-state index is 4.80. The van der Waals surface area contributed by atoms with Gasteiger partial charge in [0.25, 0.3) is 0 Å². The molecule has 1 unspecified atom stereocenters. The molecule has 0 radical (unpaired) electrons. The van der Waals surface area contributed by atoms with E-state index in [4.69, 9.17) is 4.99 Å². The number of nitrogens with one attached hydrogen (secondary N) is 1. The Morgan fingerprint density at radius 3 is 3.09 bits per heavy atom. The SMILES string of the molecule is CCNC(=NCc1cn2cc(Br)ccc2n1)N1CCCC(C)C1. The minimum Gasteiger partial charge on any atom is -0.357 e. The van der Waals surface area contributed by atoms with Gasteiger partial charge in [0.05, 0.1) is 12.2 Å². The summed E-state index contributed by atoms with van der Waals surface area (Å²) in [6.07, 6.45) is 6.63. The standard InChI is InChI=1S/C17H24BrN5/c1-3-19-17(22-8-4-5-13(2)10-22)20-9-15-12-23-11-14(18)6-7-16(23)21-15/h6-7,11-13H,3-5,8-10H2,1-2H3,(H,19,20). The zero-order valence-electron chi connectivity index (χ0n) is 13.8. The third-order valence-electron chi connectivity index (χ3n) is 4.15. The van der Waals surface area contributed by atoms with E-state index in [0.717, 1.165) is 47.3 Å². The Bertz CT molecular complexity index is 693. The molecule has 6 heteroatoms. The van der Waals surface area contributed by atoms with Gasteiger partial charge in [-0.2, -0.15) is 0 Å². The second kappa shape index (κ2) is 7.34. The lowest BCUT2D eigenvalue weighted by atomic mass is 10.0. The molecule has 3 rings (SSSR count). The number of rotatable bonds is 3. The van der Waals surface area contributed by atoms with Crippen LogP contribution in [0.1, 0.15) is 32.4 Å². The van der Waals surface area contributed by atoms with Crippen LogP contribution in [0.25, 0.3) is 5.65 Å². The summed E-state index contributed by atoms with van der Waals surface area (Å²) in [4.78, 5) is 11.8. The Balaban J connectivity index is 1.75. The molecule has 1 saturated heterocycles. The Hall–Kier alpha value is -1.56. The number of likely N-dealkylation sites (tertiary alicyclic amines) is 1. The number of piperidine rings is 1. The van der Waals surface area contributed by atoms with Gasteiger partial charge >= 0.3 is 0 Å². The molecule has 0 amide bonds. The van der Waals surface area contributed by atoms with Crippen molar-refractivity contribution in [1.82, 2.24) is 19.6 Å². The van der Waals surface area contributed by atoms with Crippen molar-refractivity contribution in [1.29, 1.82) is 0 Å². The average molecular weight is 378 g/mol. The summed E-state index contributed by atoms with van der Waals surface area (Å²) < 4.78 is 3.08. The fraction of sp³-hybridized carbons (Fsp3) is 0.529. The van der Waals surface area contributed by atoms with Gasteiger partial charge in [-0.1, -0.05) is 6.92 Å². The molecule has 0 saturated carbocycles. The molecule has 1 N–H and O–H groups in total. The molecule has 3 heterocycles. The monoisotopic (exact) mass is 377 g/mol. The van der Waals surface area contributed by atoms with Crippen LogP contribution < -0.4 is 5.32 Å². The smallest absolute Gasteiger partial charge is 0.194 e. The van der Waals surface area contributed by atoms with E-state index in [9.17, 15) is 0 Å². The molecule has 2 aromatic heterocycles. The van der Waals surface area contributed by atoms with Crippen molar-refractivity contribution in [2.75, 3.05) is 19.6 Å². The predicted molar refractivity (Wildman–Crippen MR) is 97.7 cm³/mol. The first-order valence-electron chi connectivity index (χ1n) is 8.32. The highest BCUT2D eigenvalue weighted by Gasteiger charge is 2.19. The maximum atomic E-state index is 4.80. The Morgan fingerprint density at radius 2 is 2.30 bits per heavy atom. The van der Waals surface area contributed by atoms with E-state index in [1.807, 2.05) is 28.9 Å². The largest absolute Gasteiger partial charge is 0.357 e. The molecule has 2 aromatic rings. The van der Waals surface area contributed by atoms with E-state index >= 15 is 0 Å². The number of pyridine rings is 1. The zero-order chi connectivity index (χ0) is 16.2. The van der Waals surface area contributed by atoms with Gasteiger partial charge in [0.1, 0.15) is 5.65 Å². The van der Waals surface area contributed by atoms with Crippen molar-refractivity contribution in [3.05, 3.63) is 34.7 Å². The van der Waals surface area contributed by atoms with E-state index in [1.165, 1.54) is 12.8 Å². The first-order valence-corrected chi connectivity index (χ1v) is 9.11. The number of imidazole rings is 1. The molecule has 0 bridgehead atoms. The van der Waals surface area contributed by atoms with Crippen LogP contribution >= 0.6 is 15.9 Å². The van der Waals surface area contributed by atoms with Crippen LogP contribution in [0.15, 0.2) is 34.0 Å². The molecule has 124 valence electrons. The van der Waals surface area contributed by atoms with Crippen molar-refractivity contribution < 1.29 is 0 Å². The highest BCUT2D eigenvalue weighted by atomic mass is 79.9. The Labute approximate surface area is 145 Å². The molecule has 1 fully saturated rings. The second-order valence-corrected chi connectivity index (χ2v) is 7.12. The number of hydrogen-bond donors (Lipinski definition) is 1. The summed E-state index contributed by atoms with van der Waals surface area (Å²) in [5.74, 6) is 1.75. The first kappa shape index (κ1) is 16.3. The van der Waals surface area contributed by atoms with Crippen LogP contribution in [0.4, 0.5) is 0 Å². The number of aliphatic imine (C=N–C) groups is 1. The maximum Gasteiger partial charge on any atom is 0.194 e. The molecule has 0 aliphatic carbocycles. The average Bonchev–Trinajstić information content (AvgIpc) is 2.93. The summed E-state index contributed by atoms with van der Waals surface area (Å²) in [6.45, 7) is 8.10. The molecule has 1 aliphatic heterocycles. The third kappa shape index (κ3) is 4.05. The van der Waals surface area contributed by atoms with Gasteiger partial charge in [-0.05, 0) is 53.7 Å². The number of aromatic nitrogens is 2. The van der Waals surface area contributed by atoms with Crippen LogP contribution in [-0.4, -0.2) is 39.9 Å². The number of hydrogen-bond acceptors (Lipinski definition) is 2. The molecule has 1 aliphatic rings. The summed E-state index contributed by atoms with van der Waals surface area (Å²) >= 11 is 3.49. The van der Waals surface area contributed by atoms with E-state index in [1.54, 1.807) is 0 Å². The van der Waals surface area contributed by atoms with Gasteiger partial charge in [-0.25, -0.2) is 9.98 Å². The molecular formula is C17H24BrN5. The van der Waals surface area contributed by atoms with Gasteiger partial charge in [-0.15, -0.1) is 0 Å². The highest BCUT2D eigenvalue weighted by molar-refractivity contribution is 9.10. The Kier molecular flexibility index (Phi) is 5.20. The van der Waals surface area contributed by atoms with Gasteiger partial charge in [-0.3, -0.25) is 0 Å². The molecular weight excluding hydrogens is 354 g/mol. The minimum absolute atomic E-state index is 0.604. The quantitative estimate of drug-likeness (QED) is 0.659. The molecule has 0 spiro atoms. The minimum atomic E-state index is 0.604. The van der Waals surface area contributed by atoms with Crippen molar-refractivity contribution in [2.24, 2.45) is 10.9 Å². The van der Waals surface area contributed by atoms with E-state index in [0.29, 0.717) is 6.54 Å². The van der Waals surface area contributed by atoms with Crippen LogP contribution in [0.3, 0.4) is 0 Å². The summed E-state index contributed by atoms with van der Waals surface area (Å²) in [5.41, 5.74) is 1.94. The number of fused-ring (bicyclic) bond motifs is 1. The van der Waals surface area contributed by atoms with Crippen LogP contribution in [0.2, 0.25) is 0 Å². The number of nitrogens with zero attached hydrogens (tertiary/aromatic N) is 4. The van der Waals surface area contributed by atoms with Crippen molar-refractivity contribution in [3.8, 4) is 0 Å². The summed E-state index contributed by atoms with van der Waals surface area (Å²) in [7, 11) is 0. The summed E-state index contributed by atoms with van der Waals surface area (Å²) in [6, 6.07) is 4.02. The third-order valence-corrected chi connectivity index (χ3v) is 4.62. The second-order valence-electron chi connectivity index (χ2n) is 6.21. The molecule has 0 aromatic carbocycles. The van der Waals surface area contributed by atoms with Crippen molar-refractivity contribution >= 4 is 27.5 Å². The number of guanidine groups is 1. The Morgan fingerprint density at radius 1 is 1.43 bits per heavy atom. The summed E-state index contributed by atoms with van der Waals surface area (Å²) in [5, 5.41) is 3.42. The first-order chi connectivity index (χ1) is 11.2. The zero-order valence-corrected chi connectivity index (χ0v) is 15.4. The molecule has 5 nitrogen and oxygen atoms in total. The van der Waals surface area contributed by atoms with Crippen LogP contribution in [0.5, 0.6) is 0 Å². The number of halogens is 1. The normalized spacial score (nSPS) is 19.3.